The Morgan fingerprint density at radius 2 is 2.22 bits per heavy atom. The van der Waals surface area contributed by atoms with Crippen molar-refractivity contribution in [3.8, 4) is 0 Å². The Morgan fingerprint density at radius 3 is 2.83 bits per heavy atom. The number of carbonyl (C=O) groups is 1. The Balaban J connectivity index is 2.28. The molecule has 100 valence electrons. The van der Waals surface area contributed by atoms with E-state index in [0.29, 0.717) is 5.69 Å². The maximum absolute atomic E-state index is 11.6. The van der Waals surface area contributed by atoms with Crippen molar-refractivity contribution in [2.45, 2.75) is 38.6 Å². The Hall–Kier alpha value is -1.43. The van der Waals surface area contributed by atoms with Gasteiger partial charge < -0.3 is 9.47 Å². The molecule has 6 nitrogen and oxygen atoms in total. The zero-order valence-corrected chi connectivity index (χ0v) is 10.9. The molecule has 1 fully saturated rings. The molecule has 0 spiro atoms. The average molecular weight is 253 g/mol. The molecule has 18 heavy (non-hydrogen) atoms. The SMILES string of the molecule is CCCc1c(C(=O)OC)nnn1C1CCOCC1. The van der Waals surface area contributed by atoms with Gasteiger partial charge in [-0.25, -0.2) is 9.48 Å². The predicted molar refractivity (Wildman–Crippen MR) is 64.4 cm³/mol. The summed E-state index contributed by atoms with van der Waals surface area (Å²) < 4.78 is 12.0. The summed E-state index contributed by atoms with van der Waals surface area (Å²) in [6.07, 6.45) is 3.57. The lowest BCUT2D eigenvalue weighted by Gasteiger charge is -2.23. The molecule has 0 aliphatic carbocycles. The van der Waals surface area contributed by atoms with Crippen molar-refractivity contribution in [1.82, 2.24) is 15.0 Å². The number of carbonyl (C=O) groups excluding carboxylic acids is 1. The Bertz CT molecular complexity index is 411. The highest BCUT2D eigenvalue weighted by Gasteiger charge is 2.25. The summed E-state index contributed by atoms with van der Waals surface area (Å²) in [5.41, 5.74) is 1.24. The van der Waals surface area contributed by atoms with E-state index < -0.39 is 5.97 Å². The molecule has 6 heteroatoms. The number of ether oxygens (including phenoxy) is 2. The number of methoxy groups -OCH3 is 1. The van der Waals surface area contributed by atoms with Gasteiger partial charge in [0.25, 0.3) is 0 Å². The van der Waals surface area contributed by atoms with E-state index >= 15 is 0 Å². The third-order valence-electron chi connectivity index (χ3n) is 3.19. The third-order valence-corrected chi connectivity index (χ3v) is 3.19. The van der Waals surface area contributed by atoms with E-state index in [9.17, 15) is 4.79 Å². The molecule has 1 aliphatic rings. The average Bonchev–Trinajstić information content (AvgIpc) is 2.83. The van der Waals surface area contributed by atoms with Crippen LogP contribution in [0.5, 0.6) is 0 Å². The molecule has 0 bridgehead atoms. The van der Waals surface area contributed by atoms with Gasteiger partial charge in [0.1, 0.15) is 0 Å². The zero-order valence-electron chi connectivity index (χ0n) is 10.9. The lowest BCUT2D eigenvalue weighted by Crippen LogP contribution is -2.22. The highest BCUT2D eigenvalue weighted by Crippen LogP contribution is 2.23. The van der Waals surface area contributed by atoms with Crippen LogP contribution in [0.25, 0.3) is 0 Å². The largest absolute Gasteiger partial charge is 0.464 e. The first-order chi connectivity index (χ1) is 8.77. The van der Waals surface area contributed by atoms with Crippen molar-refractivity contribution in [2.75, 3.05) is 20.3 Å². The summed E-state index contributed by atoms with van der Waals surface area (Å²) >= 11 is 0. The van der Waals surface area contributed by atoms with Crippen LogP contribution in [0.15, 0.2) is 0 Å². The highest BCUT2D eigenvalue weighted by molar-refractivity contribution is 5.88. The van der Waals surface area contributed by atoms with Gasteiger partial charge in [-0.2, -0.15) is 0 Å². The van der Waals surface area contributed by atoms with Crippen molar-refractivity contribution < 1.29 is 14.3 Å². The van der Waals surface area contributed by atoms with E-state index in [2.05, 4.69) is 17.2 Å². The van der Waals surface area contributed by atoms with Gasteiger partial charge in [-0.05, 0) is 19.3 Å². The summed E-state index contributed by atoms with van der Waals surface area (Å²) in [6.45, 7) is 3.55. The molecule has 0 amide bonds. The second kappa shape index (κ2) is 5.95. The van der Waals surface area contributed by atoms with Gasteiger partial charge in [-0.3, -0.25) is 0 Å². The smallest absolute Gasteiger partial charge is 0.360 e. The maximum atomic E-state index is 11.6. The molecule has 1 saturated heterocycles. The van der Waals surface area contributed by atoms with Gasteiger partial charge in [0.05, 0.1) is 18.8 Å². The Morgan fingerprint density at radius 1 is 1.50 bits per heavy atom. The lowest BCUT2D eigenvalue weighted by molar-refractivity contribution is 0.0591. The summed E-state index contributed by atoms with van der Waals surface area (Å²) in [4.78, 5) is 11.6. The van der Waals surface area contributed by atoms with Crippen molar-refractivity contribution in [3.05, 3.63) is 11.4 Å². The van der Waals surface area contributed by atoms with Crippen molar-refractivity contribution in [1.29, 1.82) is 0 Å². The van der Waals surface area contributed by atoms with E-state index in [1.165, 1.54) is 7.11 Å². The lowest BCUT2D eigenvalue weighted by atomic mass is 10.1. The van der Waals surface area contributed by atoms with Gasteiger partial charge >= 0.3 is 5.97 Å². The zero-order chi connectivity index (χ0) is 13.0. The molecule has 1 aromatic rings. The third kappa shape index (κ3) is 2.53. The molecular weight excluding hydrogens is 234 g/mol. The minimum Gasteiger partial charge on any atom is -0.464 e. The molecule has 0 saturated carbocycles. The van der Waals surface area contributed by atoms with Crippen LogP contribution in [0, 0.1) is 0 Å². The minimum absolute atomic E-state index is 0.284. The molecule has 1 aliphatic heterocycles. The van der Waals surface area contributed by atoms with Crippen LogP contribution >= 0.6 is 0 Å². The molecule has 0 N–H and O–H groups in total. The van der Waals surface area contributed by atoms with Gasteiger partial charge in [0, 0.05) is 13.2 Å². The quantitative estimate of drug-likeness (QED) is 0.758. The molecular formula is C12H19N3O3. The highest BCUT2D eigenvalue weighted by atomic mass is 16.5. The number of aromatic nitrogens is 3. The van der Waals surface area contributed by atoms with Crippen LogP contribution in [0.2, 0.25) is 0 Å². The first kappa shape index (κ1) is 13.0. The normalized spacial score (nSPS) is 16.8. The summed E-state index contributed by atoms with van der Waals surface area (Å²) in [5, 5.41) is 8.12. The fourth-order valence-electron chi connectivity index (χ4n) is 2.26. The van der Waals surface area contributed by atoms with E-state index in [4.69, 9.17) is 9.47 Å². The fraction of sp³-hybridized carbons (Fsp3) is 0.750. The molecule has 0 radical (unpaired) electrons. The molecule has 0 unspecified atom stereocenters. The number of nitrogens with zero attached hydrogens (tertiary/aromatic N) is 3. The summed E-state index contributed by atoms with van der Waals surface area (Å²) in [6, 6.07) is 0.284. The number of rotatable bonds is 4. The number of hydrogen-bond acceptors (Lipinski definition) is 5. The van der Waals surface area contributed by atoms with Crippen LogP contribution in [0.4, 0.5) is 0 Å². The summed E-state index contributed by atoms with van der Waals surface area (Å²) in [7, 11) is 1.37. The van der Waals surface area contributed by atoms with Crippen LogP contribution in [-0.2, 0) is 15.9 Å². The van der Waals surface area contributed by atoms with Gasteiger partial charge in [-0.15, -0.1) is 5.10 Å². The fourth-order valence-corrected chi connectivity index (χ4v) is 2.26. The van der Waals surface area contributed by atoms with Crippen molar-refractivity contribution in [2.24, 2.45) is 0 Å². The first-order valence-electron chi connectivity index (χ1n) is 6.38. The standard InChI is InChI=1S/C12H19N3O3/c1-3-4-10-11(12(16)17-2)13-14-15(10)9-5-7-18-8-6-9/h9H,3-8H2,1-2H3. The van der Waals surface area contributed by atoms with Crippen LogP contribution in [0.1, 0.15) is 48.4 Å². The number of esters is 1. The monoisotopic (exact) mass is 253 g/mol. The minimum atomic E-state index is -0.406. The second-order valence-electron chi connectivity index (χ2n) is 4.41. The molecule has 0 atom stereocenters. The molecule has 2 heterocycles. The van der Waals surface area contributed by atoms with Gasteiger partial charge in [0.15, 0.2) is 5.69 Å². The van der Waals surface area contributed by atoms with Crippen molar-refractivity contribution >= 4 is 5.97 Å². The summed E-state index contributed by atoms with van der Waals surface area (Å²) in [5.74, 6) is -0.406. The van der Waals surface area contributed by atoms with Crippen LogP contribution in [-0.4, -0.2) is 41.3 Å². The predicted octanol–water partition coefficient (Wildman–Crippen LogP) is 1.37. The Labute approximate surface area is 106 Å². The Kier molecular flexibility index (Phi) is 4.30. The molecule has 1 aromatic heterocycles. The van der Waals surface area contributed by atoms with E-state index in [1.54, 1.807) is 0 Å². The first-order valence-corrected chi connectivity index (χ1v) is 6.38. The maximum Gasteiger partial charge on any atom is 0.360 e. The van der Waals surface area contributed by atoms with E-state index in [1.807, 2.05) is 4.68 Å². The van der Waals surface area contributed by atoms with Gasteiger partial charge in [0.2, 0.25) is 0 Å². The topological polar surface area (TPSA) is 66.2 Å². The van der Waals surface area contributed by atoms with Crippen LogP contribution in [0.3, 0.4) is 0 Å². The molecule has 0 aromatic carbocycles. The van der Waals surface area contributed by atoms with E-state index in [0.717, 1.165) is 44.6 Å². The van der Waals surface area contributed by atoms with Crippen LogP contribution < -0.4 is 0 Å². The van der Waals surface area contributed by atoms with Crippen molar-refractivity contribution in [3.63, 3.8) is 0 Å². The van der Waals surface area contributed by atoms with Gasteiger partial charge in [-0.1, -0.05) is 18.6 Å². The van der Waals surface area contributed by atoms with E-state index in [-0.39, 0.29) is 6.04 Å². The number of hydrogen-bond donors (Lipinski definition) is 0. The second-order valence-corrected chi connectivity index (χ2v) is 4.41. The molecule has 2 rings (SSSR count).